The smallest absolute Gasteiger partial charge is 0.0697 e. The van der Waals surface area contributed by atoms with Crippen molar-refractivity contribution in [2.45, 2.75) is 88.3 Å². The number of fused-ring (bicyclic) bond motifs is 2. The van der Waals surface area contributed by atoms with Crippen molar-refractivity contribution in [3.8, 4) is 0 Å². The molecule has 3 saturated carbocycles. The van der Waals surface area contributed by atoms with Crippen LogP contribution in [0.3, 0.4) is 0 Å². The zero-order valence-electron chi connectivity index (χ0n) is 12.2. The summed E-state index contributed by atoms with van der Waals surface area (Å²) in [6.45, 7) is 0.998. The fourth-order valence-corrected chi connectivity index (χ4v) is 5.47. The summed E-state index contributed by atoms with van der Waals surface area (Å²) in [7, 11) is 0. The maximum Gasteiger partial charge on any atom is 0.0697 e. The Balaban J connectivity index is 1.36. The first-order valence-electron chi connectivity index (χ1n) is 8.73. The van der Waals surface area contributed by atoms with Crippen LogP contribution in [0.4, 0.5) is 0 Å². The molecule has 4 atom stereocenters. The van der Waals surface area contributed by atoms with Crippen LogP contribution in [0.25, 0.3) is 0 Å². The highest BCUT2D eigenvalue weighted by molar-refractivity contribution is 4.98. The number of hydrogen-bond donors (Lipinski definition) is 1. The highest BCUT2D eigenvalue weighted by atomic mass is 16.5. The number of rotatable bonds is 2. The molecule has 4 fully saturated rings. The van der Waals surface area contributed by atoms with Gasteiger partial charge < -0.3 is 10.1 Å². The lowest BCUT2D eigenvalue weighted by atomic mass is 9.78. The molecule has 4 unspecified atom stereocenters. The third-order valence-electron chi connectivity index (χ3n) is 6.45. The van der Waals surface area contributed by atoms with E-state index in [1.54, 1.807) is 0 Å². The monoisotopic (exact) mass is 263 g/mol. The molecule has 0 radical (unpaired) electrons. The fourth-order valence-electron chi connectivity index (χ4n) is 5.47. The van der Waals surface area contributed by atoms with Crippen molar-refractivity contribution in [2.75, 3.05) is 6.61 Å². The van der Waals surface area contributed by atoms with Gasteiger partial charge in [-0.15, -0.1) is 0 Å². The normalized spacial score (nSPS) is 44.8. The van der Waals surface area contributed by atoms with Crippen LogP contribution in [0.1, 0.15) is 70.6 Å². The lowest BCUT2D eigenvalue weighted by Gasteiger charge is -2.45. The third-order valence-corrected chi connectivity index (χ3v) is 6.45. The Labute approximate surface area is 117 Å². The van der Waals surface area contributed by atoms with Gasteiger partial charge in [0.25, 0.3) is 0 Å². The Morgan fingerprint density at radius 2 is 1.84 bits per heavy atom. The van der Waals surface area contributed by atoms with Gasteiger partial charge in [0.1, 0.15) is 0 Å². The average molecular weight is 263 g/mol. The molecule has 4 aliphatic rings. The largest absolute Gasteiger partial charge is 0.375 e. The molecular formula is C17H29NO. The summed E-state index contributed by atoms with van der Waals surface area (Å²) in [6, 6.07) is 1.60. The van der Waals surface area contributed by atoms with Crippen LogP contribution in [0.15, 0.2) is 0 Å². The highest BCUT2D eigenvalue weighted by Gasteiger charge is 2.43. The first kappa shape index (κ1) is 12.6. The summed E-state index contributed by atoms with van der Waals surface area (Å²) in [5, 5.41) is 4.04. The molecule has 1 N–H and O–H groups in total. The van der Waals surface area contributed by atoms with Crippen LogP contribution in [-0.2, 0) is 4.74 Å². The molecule has 0 aromatic heterocycles. The topological polar surface area (TPSA) is 21.3 Å². The molecule has 2 nitrogen and oxygen atoms in total. The Hall–Kier alpha value is -0.0800. The SMILES string of the molecule is C1CCC2(CC1)CC(NC1CC3CCC1C3)CCO2. The molecule has 2 bridgehead atoms. The predicted octanol–water partition coefficient (Wildman–Crippen LogP) is 3.65. The van der Waals surface area contributed by atoms with E-state index in [9.17, 15) is 0 Å². The number of nitrogens with one attached hydrogen (secondary N) is 1. The van der Waals surface area contributed by atoms with E-state index >= 15 is 0 Å². The van der Waals surface area contributed by atoms with E-state index in [0.29, 0.717) is 0 Å². The van der Waals surface area contributed by atoms with Crippen molar-refractivity contribution < 1.29 is 4.74 Å². The Kier molecular flexibility index (Phi) is 3.35. The molecule has 1 saturated heterocycles. The summed E-state index contributed by atoms with van der Waals surface area (Å²) < 4.78 is 6.22. The second kappa shape index (κ2) is 5.04. The van der Waals surface area contributed by atoms with Crippen molar-refractivity contribution in [3.05, 3.63) is 0 Å². The second-order valence-corrected chi connectivity index (χ2v) is 7.73. The van der Waals surface area contributed by atoms with E-state index in [1.807, 2.05) is 0 Å². The van der Waals surface area contributed by atoms with Crippen LogP contribution in [0, 0.1) is 11.8 Å². The van der Waals surface area contributed by atoms with Crippen LogP contribution in [0.2, 0.25) is 0 Å². The molecule has 1 spiro atoms. The van der Waals surface area contributed by atoms with Crippen molar-refractivity contribution in [3.63, 3.8) is 0 Å². The van der Waals surface area contributed by atoms with Crippen molar-refractivity contribution in [1.29, 1.82) is 0 Å². The summed E-state index contributed by atoms with van der Waals surface area (Å²) in [5.41, 5.74) is 0.270. The maximum atomic E-state index is 6.22. The minimum absolute atomic E-state index is 0.270. The summed E-state index contributed by atoms with van der Waals surface area (Å²) in [6.07, 6.45) is 15.4. The van der Waals surface area contributed by atoms with E-state index in [1.165, 1.54) is 70.6 Å². The van der Waals surface area contributed by atoms with Gasteiger partial charge in [0.2, 0.25) is 0 Å². The zero-order chi connectivity index (χ0) is 12.7. The van der Waals surface area contributed by atoms with E-state index in [4.69, 9.17) is 4.74 Å². The molecule has 1 heterocycles. The standard InChI is InChI=1S/C17H29NO/c1-2-7-17(8-3-1)12-15(6-9-19-17)18-16-11-13-4-5-14(16)10-13/h13-16,18H,1-12H2. The summed E-state index contributed by atoms with van der Waals surface area (Å²) in [5.74, 6) is 2.07. The number of ether oxygens (including phenoxy) is 1. The molecule has 0 amide bonds. The molecule has 108 valence electrons. The van der Waals surface area contributed by atoms with E-state index in [2.05, 4.69) is 5.32 Å². The molecule has 2 heteroatoms. The quantitative estimate of drug-likeness (QED) is 0.821. The van der Waals surface area contributed by atoms with Crippen molar-refractivity contribution in [2.24, 2.45) is 11.8 Å². The van der Waals surface area contributed by atoms with Crippen LogP contribution in [0.5, 0.6) is 0 Å². The Bertz CT molecular complexity index is 318. The molecule has 19 heavy (non-hydrogen) atoms. The van der Waals surface area contributed by atoms with E-state index < -0.39 is 0 Å². The van der Waals surface area contributed by atoms with E-state index in [0.717, 1.165) is 30.5 Å². The average Bonchev–Trinajstić information content (AvgIpc) is 3.02. The van der Waals surface area contributed by atoms with Crippen LogP contribution >= 0.6 is 0 Å². The summed E-state index contributed by atoms with van der Waals surface area (Å²) >= 11 is 0. The van der Waals surface area contributed by atoms with Crippen molar-refractivity contribution in [1.82, 2.24) is 5.32 Å². The van der Waals surface area contributed by atoms with Crippen LogP contribution < -0.4 is 5.32 Å². The lowest BCUT2D eigenvalue weighted by molar-refractivity contribution is -0.110. The minimum atomic E-state index is 0.270. The summed E-state index contributed by atoms with van der Waals surface area (Å²) in [4.78, 5) is 0. The predicted molar refractivity (Wildman–Crippen MR) is 77.2 cm³/mol. The molecule has 0 aromatic carbocycles. The molecule has 3 aliphatic carbocycles. The first-order valence-corrected chi connectivity index (χ1v) is 8.73. The zero-order valence-corrected chi connectivity index (χ0v) is 12.2. The van der Waals surface area contributed by atoms with Gasteiger partial charge in [-0.3, -0.25) is 0 Å². The maximum absolute atomic E-state index is 6.22. The molecule has 4 rings (SSSR count). The van der Waals surface area contributed by atoms with Crippen LogP contribution in [-0.4, -0.2) is 24.3 Å². The van der Waals surface area contributed by atoms with Gasteiger partial charge in [0, 0.05) is 18.7 Å². The first-order chi connectivity index (χ1) is 9.33. The molecular weight excluding hydrogens is 234 g/mol. The highest BCUT2D eigenvalue weighted by Crippen LogP contribution is 2.45. The van der Waals surface area contributed by atoms with E-state index in [-0.39, 0.29) is 5.60 Å². The lowest BCUT2D eigenvalue weighted by Crippen LogP contribution is -2.51. The van der Waals surface area contributed by atoms with Gasteiger partial charge >= 0.3 is 0 Å². The van der Waals surface area contributed by atoms with Gasteiger partial charge in [-0.25, -0.2) is 0 Å². The van der Waals surface area contributed by atoms with Gasteiger partial charge in [-0.2, -0.15) is 0 Å². The van der Waals surface area contributed by atoms with Gasteiger partial charge in [0.15, 0.2) is 0 Å². The third kappa shape index (κ3) is 2.47. The van der Waals surface area contributed by atoms with Gasteiger partial charge in [-0.1, -0.05) is 25.7 Å². The number of hydrogen-bond acceptors (Lipinski definition) is 2. The van der Waals surface area contributed by atoms with Crippen molar-refractivity contribution >= 4 is 0 Å². The molecule has 0 aromatic rings. The molecule has 1 aliphatic heterocycles. The Morgan fingerprint density at radius 1 is 0.947 bits per heavy atom. The van der Waals surface area contributed by atoms with Gasteiger partial charge in [-0.05, 0) is 56.8 Å². The minimum Gasteiger partial charge on any atom is -0.375 e. The Morgan fingerprint density at radius 3 is 2.58 bits per heavy atom. The fraction of sp³-hybridized carbons (Fsp3) is 1.00. The second-order valence-electron chi connectivity index (χ2n) is 7.73. The van der Waals surface area contributed by atoms with Gasteiger partial charge in [0.05, 0.1) is 5.60 Å².